The van der Waals surface area contributed by atoms with Gasteiger partial charge in [0.2, 0.25) is 12.7 Å². The Hall–Kier alpha value is -2.50. The molecule has 2 fully saturated rings. The number of ether oxygens (including phenoxy) is 2. The highest BCUT2D eigenvalue weighted by Crippen LogP contribution is 2.41. The van der Waals surface area contributed by atoms with Gasteiger partial charge in [-0.2, -0.15) is 0 Å². The van der Waals surface area contributed by atoms with Crippen molar-refractivity contribution in [3.05, 3.63) is 41.3 Å². The van der Waals surface area contributed by atoms with Crippen LogP contribution in [0.4, 0.5) is 0 Å². The number of aromatic nitrogens is 1. The summed E-state index contributed by atoms with van der Waals surface area (Å²) in [6.07, 6.45) is 4.74. The molecule has 1 aromatic heterocycles. The molecule has 2 aliphatic heterocycles. The molecule has 0 bridgehead atoms. The predicted molar refractivity (Wildman–Crippen MR) is 97.5 cm³/mol. The van der Waals surface area contributed by atoms with Crippen LogP contribution in [0.1, 0.15) is 55.5 Å². The molecule has 0 unspecified atom stereocenters. The second-order valence-electron chi connectivity index (χ2n) is 8.42. The van der Waals surface area contributed by atoms with E-state index in [0.717, 1.165) is 42.3 Å². The van der Waals surface area contributed by atoms with Crippen molar-refractivity contribution in [1.82, 2.24) is 10.1 Å². The maximum Gasteiger partial charge on any atom is 0.231 e. The van der Waals surface area contributed by atoms with Crippen LogP contribution < -0.4 is 9.47 Å². The van der Waals surface area contributed by atoms with Crippen LogP contribution in [0, 0.1) is 5.41 Å². The van der Waals surface area contributed by atoms with E-state index in [1.54, 1.807) is 0 Å². The molecule has 1 aliphatic carbocycles. The summed E-state index contributed by atoms with van der Waals surface area (Å²) in [6.45, 7) is 3.81. The van der Waals surface area contributed by atoms with Gasteiger partial charge in [-0.3, -0.25) is 4.79 Å². The van der Waals surface area contributed by atoms with E-state index < -0.39 is 0 Å². The Morgan fingerprint density at radius 3 is 2.93 bits per heavy atom. The van der Waals surface area contributed by atoms with E-state index in [4.69, 9.17) is 14.0 Å². The maximum atomic E-state index is 12.5. The number of nitrogens with zero attached hydrogens (tertiary/aromatic N) is 2. The van der Waals surface area contributed by atoms with Crippen molar-refractivity contribution in [3.63, 3.8) is 0 Å². The number of hydrogen-bond donors (Lipinski definition) is 0. The fraction of sp³-hybridized carbons (Fsp3) is 0.524. The molecule has 0 spiro atoms. The summed E-state index contributed by atoms with van der Waals surface area (Å²) in [6, 6.07) is 8.16. The Kier molecular flexibility index (Phi) is 3.88. The van der Waals surface area contributed by atoms with Crippen molar-refractivity contribution in [3.8, 4) is 11.5 Å². The zero-order chi connectivity index (χ0) is 18.4. The lowest BCUT2D eigenvalue weighted by Gasteiger charge is -2.40. The fourth-order valence-corrected chi connectivity index (χ4v) is 4.19. The smallest absolute Gasteiger partial charge is 0.231 e. The second kappa shape index (κ2) is 6.29. The summed E-state index contributed by atoms with van der Waals surface area (Å²) >= 11 is 0. The van der Waals surface area contributed by atoms with Gasteiger partial charge in [-0.05, 0) is 48.8 Å². The average molecular weight is 368 g/mol. The SMILES string of the molecule is C[C@@]1(Cc2ccc3c(c2)OCO3)CCC(=O)N(Cc2cc(C3CC3)on2)C1. The standard InChI is InChI=1S/C21H24N2O4/c1-21(10-14-2-5-17-19(8-14)26-13-25-17)7-6-20(24)23(12-21)11-16-9-18(27-22-16)15-3-4-15/h2,5,8-9,15H,3-4,6-7,10-13H2,1H3/t21-/m0/s1. The minimum atomic E-state index is 0.0324. The lowest BCUT2D eigenvalue weighted by Crippen LogP contribution is -2.45. The van der Waals surface area contributed by atoms with E-state index in [1.165, 1.54) is 18.4 Å². The van der Waals surface area contributed by atoms with Crippen molar-refractivity contribution in [2.75, 3.05) is 13.3 Å². The van der Waals surface area contributed by atoms with Crippen molar-refractivity contribution in [2.24, 2.45) is 5.41 Å². The molecular formula is C21H24N2O4. The molecule has 5 rings (SSSR count). The van der Waals surface area contributed by atoms with Crippen LogP contribution in [0.2, 0.25) is 0 Å². The number of carbonyl (C=O) groups is 1. The second-order valence-corrected chi connectivity index (χ2v) is 8.42. The van der Waals surface area contributed by atoms with Crippen LogP contribution in [-0.4, -0.2) is 29.3 Å². The highest BCUT2D eigenvalue weighted by Gasteiger charge is 2.36. The fourth-order valence-electron chi connectivity index (χ4n) is 4.19. The number of benzene rings is 1. The minimum absolute atomic E-state index is 0.0324. The highest BCUT2D eigenvalue weighted by atomic mass is 16.7. The Morgan fingerprint density at radius 1 is 1.22 bits per heavy atom. The number of amides is 1. The molecule has 1 saturated carbocycles. The summed E-state index contributed by atoms with van der Waals surface area (Å²) in [5, 5.41) is 4.18. The topological polar surface area (TPSA) is 64.8 Å². The Morgan fingerprint density at radius 2 is 2.07 bits per heavy atom. The number of hydrogen-bond acceptors (Lipinski definition) is 5. The van der Waals surface area contributed by atoms with Crippen molar-refractivity contribution in [2.45, 2.75) is 51.5 Å². The minimum Gasteiger partial charge on any atom is -0.454 e. The van der Waals surface area contributed by atoms with E-state index >= 15 is 0 Å². The summed E-state index contributed by atoms with van der Waals surface area (Å²) < 4.78 is 16.3. The van der Waals surface area contributed by atoms with Crippen LogP contribution in [0.15, 0.2) is 28.8 Å². The van der Waals surface area contributed by atoms with Crippen LogP contribution in [0.25, 0.3) is 0 Å². The van der Waals surface area contributed by atoms with Crippen LogP contribution in [-0.2, 0) is 17.8 Å². The molecule has 1 saturated heterocycles. The highest BCUT2D eigenvalue weighted by molar-refractivity contribution is 5.77. The quantitative estimate of drug-likeness (QED) is 0.806. The Labute approximate surface area is 158 Å². The van der Waals surface area contributed by atoms with Gasteiger partial charge in [0.15, 0.2) is 11.5 Å². The van der Waals surface area contributed by atoms with Gasteiger partial charge in [0.1, 0.15) is 11.5 Å². The summed E-state index contributed by atoms with van der Waals surface area (Å²) in [5.74, 6) is 3.34. The van der Waals surface area contributed by atoms with Gasteiger partial charge >= 0.3 is 0 Å². The van der Waals surface area contributed by atoms with Gasteiger partial charge in [0.25, 0.3) is 0 Å². The van der Waals surface area contributed by atoms with E-state index in [2.05, 4.69) is 24.2 Å². The molecule has 142 valence electrons. The number of rotatable bonds is 5. The predicted octanol–water partition coefficient (Wildman–Crippen LogP) is 3.65. The van der Waals surface area contributed by atoms with E-state index in [9.17, 15) is 4.79 Å². The van der Waals surface area contributed by atoms with Gasteiger partial charge in [0, 0.05) is 24.9 Å². The molecular weight excluding hydrogens is 344 g/mol. The van der Waals surface area contributed by atoms with E-state index in [-0.39, 0.29) is 11.3 Å². The number of fused-ring (bicyclic) bond motifs is 1. The van der Waals surface area contributed by atoms with Crippen molar-refractivity contribution >= 4 is 5.91 Å². The molecule has 6 heteroatoms. The lowest BCUT2D eigenvalue weighted by atomic mass is 9.76. The maximum absolute atomic E-state index is 12.5. The molecule has 1 amide bonds. The van der Waals surface area contributed by atoms with Crippen LogP contribution in [0.3, 0.4) is 0 Å². The average Bonchev–Trinajstić information content (AvgIpc) is 3.21. The molecule has 1 aromatic carbocycles. The first-order chi connectivity index (χ1) is 13.1. The summed E-state index contributed by atoms with van der Waals surface area (Å²) in [5.41, 5.74) is 2.11. The lowest BCUT2D eigenvalue weighted by molar-refractivity contribution is -0.138. The Balaban J connectivity index is 1.28. The van der Waals surface area contributed by atoms with Crippen LogP contribution in [0.5, 0.6) is 11.5 Å². The number of likely N-dealkylation sites (tertiary alicyclic amines) is 1. The molecule has 27 heavy (non-hydrogen) atoms. The molecule has 3 aliphatic rings. The van der Waals surface area contributed by atoms with Crippen LogP contribution >= 0.6 is 0 Å². The van der Waals surface area contributed by atoms with Crippen molar-refractivity contribution < 1.29 is 18.8 Å². The third kappa shape index (κ3) is 3.40. The summed E-state index contributed by atoms with van der Waals surface area (Å²) in [4.78, 5) is 14.4. The normalized spacial score (nSPS) is 24.5. The first-order valence-electron chi connectivity index (χ1n) is 9.70. The zero-order valence-corrected chi connectivity index (χ0v) is 15.6. The van der Waals surface area contributed by atoms with Gasteiger partial charge < -0.3 is 18.9 Å². The number of piperidine rings is 1. The molecule has 0 radical (unpaired) electrons. The Bertz CT molecular complexity index is 873. The zero-order valence-electron chi connectivity index (χ0n) is 15.6. The molecule has 0 N–H and O–H groups in total. The van der Waals surface area contributed by atoms with Crippen molar-refractivity contribution in [1.29, 1.82) is 0 Å². The third-order valence-corrected chi connectivity index (χ3v) is 5.85. The third-order valence-electron chi connectivity index (χ3n) is 5.85. The molecule has 2 aromatic rings. The molecule has 1 atom stereocenters. The van der Waals surface area contributed by atoms with Gasteiger partial charge in [-0.1, -0.05) is 18.1 Å². The first-order valence-corrected chi connectivity index (χ1v) is 9.70. The first kappa shape index (κ1) is 16.7. The largest absolute Gasteiger partial charge is 0.454 e. The molecule has 6 nitrogen and oxygen atoms in total. The van der Waals surface area contributed by atoms with Gasteiger partial charge in [0.05, 0.1) is 6.54 Å². The van der Waals surface area contributed by atoms with E-state index in [0.29, 0.717) is 25.7 Å². The summed E-state index contributed by atoms with van der Waals surface area (Å²) in [7, 11) is 0. The molecule has 3 heterocycles. The monoisotopic (exact) mass is 368 g/mol. The van der Waals surface area contributed by atoms with E-state index in [1.807, 2.05) is 17.0 Å². The van der Waals surface area contributed by atoms with Gasteiger partial charge in [-0.25, -0.2) is 0 Å². The number of carbonyl (C=O) groups excluding carboxylic acids is 1. The van der Waals surface area contributed by atoms with Gasteiger partial charge in [-0.15, -0.1) is 0 Å².